The van der Waals surface area contributed by atoms with E-state index < -0.39 is 0 Å². The molecular formula is C19H21N7O. The van der Waals surface area contributed by atoms with Crippen LogP contribution < -0.4 is 5.32 Å². The minimum atomic E-state index is 0.654. The van der Waals surface area contributed by atoms with Gasteiger partial charge in [-0.1, -0.05) is 5.16 Å². The molecule has 0 radical (unpaired) electrons. The molecule has 0 fully saturated rings. The van der Waals surface area contributed by atoms with Crippen molar-refractivity contribution in [2.45, 2.75) is 26.7 Å². The molecule has 0 saturated carbocycles. The molecule has 0 atom stereocenters. The van der Waals surface area contributed by atoms with Crippen LogP contribution in [0.2, 0.25) is 0 Å². The molecule has 0 saturated heterocycles. The molecule has 8 heteroatoms. The lowest BCUT2D eigenvalue weighted by atomic mass is 10.1. The third kappa shape index (κ3) is 3.38. The molecule has 8 nitrogen and oxygen atoms in total. The Kier molecular flexibility index (Phi) is 4.53. The minimum Gasteiger partial charge on any atom is -0.369 e. The summed E-state index contributed by atoms with van der Waals surface area (Å²) >= 11 is 0. The van der Waals surface area contributed by atoms with E-state index in [0.29, 0.717) is 5.82 Å². The first-order chi connectivity index (χ1) is 13.1. The van der Waals surface area contributed by atoms with Gasteiger partial charge in [0.25, 0.3) is 0 Å². The number of fused-ring (bicyclic) bond motifs is 1. The van der Waals surface area contributed by atoms with E-state index in [1.807, 2.05) is 33.0 Å². The van der Waals surface area contributed by atoms with Crippen LogP contribution in [0, 0.1) is 13.8 Å². The van der Waals surface area contributed by atoms with Gasteiger partial charge in [-0.2, -0.15) is 5.10 Å². The molecule has 0 unspecified atom stereocenters. The summed E-state index contributed by atoms with van der Waals surface area (Å²) in [7, 11) is 1.88. The second-order valence-corrected chi connectivity index (χ2v) is 6.47. The highest BCUT2D eigenvalue weighted by molar-refractivity contribution is 5.88. The first-order valence-corrected chi connectivity index (χ1v) is 8.89. The number of aromatic nitrogens is 6. The van der Waals surface area contributed by atoms with Crippen molar-refractivity contribution in [3.05, 3.63) is 47.7 Å². The van der Waals surface area contributed by atoms with Gasteiger partial charge in [0.2, 0.25) is 0 Å². The van der Waals surface area contributed by atoms with Gasteiger partial charge in [-0.15, -0.1) is 0 Å². The number of hydrogen-bond donors (Lipinski definition) is 1. The van der Waals surface area contributed by atoms with Crippen molar-refractivity contribution in [3.63, 3.8) is 0 Å². The van der Waals surface area contributed by atoms with E-state index in [2.05, 4.69) is 25.5 Å². The second kappa shape index (κ2) is 7.14. The van der Waals surface area contributed by atoms with E-state index in [9.17, 15) is 0 Å². The molecule has 0 amide bonds. The topological polar surface area (TPSA) is 94.6 Å². The Balaban J connectivity index is 1.55. The lowest BCUT2D eigenvalue weighted by molar-refractivity contribution is 0.392. The Morgan fingerprint density at radius 1 is 1.15 bits per heavy atom. The van der Waals surface area contributed by atoms with Crippen molar-refractivity contribution in [1.82, 2.24) is 29.9 Å². The number of nitrogens with zero attached hydrogens (tertiary/aromatic N) is 6. The second-order valence-electron chi connectivity index (χ2n) is 6.47. The van der Waals surface area contributed by atoms with E-state index in [1.165, 1.54) is 5.56 Å². The number of hydrogen-bond acceptors (Lipinski definition) is 7. The molecule has 4 heterocycles. The molecule has 0 aliphatic carbocycles. The fraction of sp³-hybridized carbons (Fsp3) is 0.316. The van der Waals surface area contributed by atoms with Gasteiger partial charge in [0, 0.05) is 37.1 Å². The predicted octanol–water partition coefficient (Wildman–Crippen LogP) is 3.07. The maximum atomic E-state index is 5.23. The summed E-state index contributed by atoms with van der Waals surface area (Å²) in [5.41, 5.74) is 3.87. The van der Waals surface area contributed by atoms with Crippen LogP contribution in [-0.2, 0) is 13.5 Å². The van der Waals surface area contributed by atoms with E-state index >= 15 is 0 Å². The van der Waals surface area contributed by atoms with Crippen molar-refractivity contribution in [2.75, 3.05) is 11.9 Å². The lowest BCUT2D eigenvalue weighted by Gasteiger charge is -2.09. The van der Waals surface area contributed by atoms with Gasteiger partial charge in [-0.05, 0) is 38.8 Å². The molecule has 0 aromatic carbocycles. The smallest absolute Gasteiger partial charge is 0.164 e. The first kappa shape index (κ1) is 17.1. The Bertz CT molecular complexity index is 1050. The Morgan fingerprint density at radius 3 is 2.70 bits per heavy atom. The Morgan fingerprint density at radius 2 is 1.96 bits per heavy atom. The summed E-state index contributed by atoms with van der Waals surface area (Å²) in [5, 5.41) is 12.7. The predicted molar refractivity (Wildman–Crippen MR) is 102 cm³/mol. The highest BCUT2D eigenvalue weighted by Crippen LogP contribution is 2.24. The third-order valence-electron chi connectivity index (χ3n) is 4.61. The highest BCUT2D eigenvalue weighted by atomic mass is 16.5. The zero-order valence-corrected chi connectivity index (χ0v) is 15.6. The quantitative estimate of drug-likeness (QED) is 0.526. The van der Waals surface area contributed by atoms with Crippen LogP contribution >= 0.6 is 0 Å². The fourth-order valence-electron chi connectivity index (χ4n) is 3.12. The first-order valence-electron chi connectivity index (χ1n) is 8.89. The SMILES string of the molecule is Cc1noc(C)c1CCCNc1nc(-c2ccncc2)nc2c1cnn2C. The molecule has 0 bridgehead atoms. The lowest BCUT2D eigenvalue weighted by Crippen LogP contribution is -2.07. The fourth-order valence-corrected chi connectivity index (χ4v) is 3.12. The summed E-state index contributed by atoms with van der Waals surface area (Å²) in [5.74, 6) is 2.34. The van der Waals surface area contributed by atoms with Crippen LogP contribution in [0.5, 0.6) is 0 Å². The van der Waals surface area contributed by atoms with Gasteiger partial charge in [0.15, 0.2) is 11.5 Å². The number of pyridine rings is 1. The van der Waals surface area contributed by atoms with Crippen molar-refractivity contribution in [2.24, 2.45) is 7.05 Å². The average Bonchev–Trinajstić information content (AvgIpc) is 3.22. The molecule has 0 aliphatic rings. The minimum absolute atomic E-state index is 0.654. The van der Waals surface area contributed by atoms with Crippen LogP contribution in [0.4, 0.5) is 5.82 Å². The van der Waals surface area contributed by atoms with Gasteiger partial charge in [-0.25, -0.2) is 9.97 Å². The van der Waals surface area contributed by atoms with Crippen LogP contribution in [0.15, 0.2) is 35.2 Å². The molecule has 0 aliphatic heterocycles. The zero-order valence-electron chi connectivity index (χ0n) is 15.6. The van der Waals surface area contributed by atoms with Gasteiger partial charge in [0.1, 0.15) is 11.6 Å². The monoisotopic (exact) mass is 363 g/mol. The molecule has 138 valence electrons. The summed E-state index contributed by atoms with van der Waals surface area (Å²) in [6, 6.07) is 3.80. The van der Waals surface area contributed by atoms with Gasteiger partial charge in [0.05, 0.1) is 17.3 Å². The normalized spacial score (nSPS) is 11.2. The molecule has 4 rings (SSSR count). The molecule has 4 aromatic rings. The summed E-state index contributed by atoms with van der Waals surface area (Å²) in [6.45, 7) is 4.71. The van der Waals surface area contributed by atoms with Crippen LogP contribution in [0.1, 0.15) is 23.4 Å². The van der Waals surface area contributed by atoms with Crippen LogP contribution in [0.25, 0.3) is 22.4 Å². The van der Waals surface area contributed by atoms with E-state index in [-0.39, 0.29) is 0 Å². The molecule has 1 N–H and O–H groups in total. The number of anilines is 1. The van der Waals surface area contributed by atoms with Gasteiger partial charge >= 0.3 is 0 Å². The Hall–Kier alpha value is -3.29. The summed E-state index contributed by atoms with van der Waals surface area (Å²) in [4.78, 5) is 13.4. The number of rotatable bonds is 6. The zero-order chi connectivity index (χ0) is 18.8. The highest BCUT2D eigenvalue weighted by Gasteiger charge is 2.13. The van der Waals surface area contributed by atoms with Gasteiger partial charge < -0.3 is 9.84 Å². The molecule has 0 spiro atoms. The third-order valence-corrected chi connectivity index (χ3v) is 4.61. The standard InChI is InChI=1S/C19H21N7O/c1-12-15(13(2)27-25-12)5-4-8-21-18-16-11-22-26(3)19(16)24-17(23-18)14-6-9-20-10-7-14/h6-7,9-11H,4-5,8H2,1-3H3,(H,21,23,24). The summed E-state index contributed by atoms with van der Waals surface area (Å²) in [6.07, 6.45) is 7.12. The average molecular weight is 363 g/mol. The van der Waals surface area contributed by atoms with Gasteiger partial charge in [-0.3, -0.25) is 9.67 Å². The largest absolute Gasteiger partial charge is 0.369 e. The Labute approximate surface area is 156 Å². The summed E-state index contributed by atoms with van der Waals surface area (Å²) < 4.78 is 6.99. The molecule has 4 aromatic heterocycles. The molecule has 27 heavy (non-hydrogen) atoms. The van der Waals surface area contributed by atoms with E-state index in [1.54, 1.807) is 23.3 Å². The number of aryl methyl sites for hydroxylation is 3. The van der Waals surface area contributed by atoms with Crippen molar-refractivity contribution >= 4 is 16.9 Å². The van der Waals surface area contributed by atoms with E-state index in [4.69, 9.17) is 9.51 Å². The van der Waals surface area contributed by atoms with E-state index in [0.717, 1.165) is 53.3 Å². The van der Waals surface area contributed by atoms with Crippen LogP contribution in [0.3, 0.4) is 0 Å². The maximum Gasteiger partial charge on any atom is 0.164 e. The number of nitrogens with one attached hydrogen (secondary N) is 1. The van der Waals surface area contributed by atoms with Crippen LogP contribution in [-0.4, -0.2) is 36.4 Å². The molecular weight excluding hydrogens is 342 g/mol. The van der Waals surface area contributed by atoms with Crippen molar-refractivity contribution in [3.8, 4) is 11.4 Å². The van der Waals surface area contributed by atoms with Crippen molar-refractivity contribution < 1.29 is 4.52 Å². The van der Waals surface area contributed by atoms with Crippen molar-refractivity contribution in [1.29, 1.82) is 0 Å². The maximum absolute atomic E-state index is 5.23.